The Morgan fingerprint density at radius 1 is 1.06 bits per heavy atom. The number of carbonyl (C=O) groups excluding carboxylic acids is 2. The predicted molar refractivity (Wildman–Crippen MR) is 131 cm³/mol. The number of nitrogens with one attached hydrogen (secondary N) is 1. The number of ether oxygens (including phenoxy) is 3. The molecule has 2 amide bonds. The number of hydrogen-bond acceptors (Lipinski definition) is 5. The Bertz CT molecular complexity index is 972. The molecule has 0 aromatic heterocycles. The summed E-state index contributed by atoms with van der Waals surface area (Å²) in [4.78, 5) is 26.0. The van der Waals surface area contributed by atoms with Crippen LogP contribution in [0.5, 0.6) is 17.2 Å². The van der Waals surface area contributed by atoms with Gasteiger partial charge in [0, 0.05) is 17.3 Å². The number of benzene rings is 2. The number of esters is 1. The molecule has 180 valence electrons. The normalized spacial score (nSPS) is 10.8. The Hall–Kier alpha value is -2.64. The van der Waals surface area contributed by atoms with Crippen LogP contribution in [0.15, 0.2) is 30.3 Å². The molecule has 9 heteroatoms. The summed E-state index contributed by atoms with van der Waals surface area (Å²) < 4.78 is 16.4. The third-order valence-electron chi connectivity index (χ3n) is 4.59. The van der Waals surface area contributed by atoms with Gasteiger partial charge in [-0.15, -0.1) is 0 Å². The van der Waals surface area contributed by atoms with Crippen molar-refractivity contribution in [2.45, 2.75) is 46.6 Å². The maximum absolute atomic E-state index is 12.7. The number of carbonyl (C=O) groups is 2. The van der Waals surface area contributed by atoms with Crippen molar-refractivity contribution in [3.63, 3.8) is 0 Å². The predicted octanol–water partition coefficient (Wildman–Crippen LogP) is 6.41. The number of urea groups is 1. The second-order valence-corrected chi connectivity index (χ2v) is 8.71. The summed E-state index contributed by atoms with van der Waals surface area (Å²) in [5.74, 6) is 1.20. The molecule has 2 rings (SSSR count). The average molecular weight is 497 g/mol. The van der Waals surface area contributed by atoms with Gasteiger partial charge in [-0.25, -0.2) is 4.79 Å². The molecule has 0 aliphatic heterocycles. The molecule has 33 heavy (non-hydrogen) atoms. The molecule has 0 bridgehead atoms. The topological polar surface area (TPSA) is 77.1 Å². The zero-order chi connectivity index (χ0) is 24.7. The number of anilines is 1. The van der Waals surface area contributed by atoms with Crippen LogP contribution in [0.2, 0.25) is 10.0 Å². The maximum Gasteiger partial charge on any atom is 0.326 e. The Balaban J connectivity index is 2.39. The van der Waals surface area contributed by atoms with E-state index < -0.39 is 12.0 Å². The summed E-state index contributed by atoms with van der Waals surface area (Å²) in [6, 6.07) is 7.88. The summed E-state index contributed by atoms with van der Waals surface area (Å²) in [6.07, 6.45) is 0. The second-order valence-electron chi connectivity index (χ2n) is 7.89. The molecule has 1 N–H and O–H groups in total. The van der Waals surface area contributed by atoms with Crippen LogP contribution in [0.1, 0.15) is 46.1 Å². The van der Waals surface area contributed by atoms with Crippen LogP contribution < -0.4 is 19.7 Å². The summed E-state index contributed by atoms with van der Waals surface area (Å²) in [7, 11) is 1.62. The van der Waals surface area contributed by atoms with Gasteiger partial charge in [0.05, 0.1) is 23.8 Å². The average Bonchev–Trinajstić information content (AvgIpc) is 2.73. The molecular weight excluding hydrogens is 467 g/mol. The van der Waals surface area contributed by atoms with Gasteiger partial charge in [-0.3, -0.25) is 9.69 Å². The van der Waals surface area contributed by atoms with E-state index in [2.05, 4.69) is 19.2 Å². The van der Waals surface area contributed by atoms with Crippen LogP contribution in [-0.2, 0) is 9.53 Å². The van der Waals surface area contributed by atoms with Crippen LogP contribution in [-0.4, -0.2) is 38.3 Å². The van der Waals surface area contributed by atoms with Crippen molar-refractivity contribution in [2.75, 3.05) is 25.2 Å². The van der Waals surface area contributed by atoms with Gasteiger partial charge in [0.15, 0.2) is 5.75 Å². The first-order valence-electron chi connectivity index (χ1n) is 10.7. The van der Waals surface area contributed by atoms with E-state index in [9.17, 15) is 9.59 Å². The summed E-state index contributed by atoms with van der Waals surface area (Å²) in [5, 5.41) is 3.13. The van der Waals surface area contributed by atoms with Gasteiger partial charge in [-0.1, -0.05) is 37.0 Å². The van der Waals surface area contributed by atoms with Crippen LogP contribution in [0.3, 0.4) is 0 Å². The fourth-order valence-corrected chi connectivity index (χ4v) is 3.64. The molecule has 0 spiro atoms. The first-order valence-corrected chi connectivity index (χ1v) is 11.4. The summed E-state index contributed by atoms with van der Waals surface area (Å²) >= 11 is 13.0. The van der Waals surface area contributed by atoms with Crippen LogP contribution >= 0.6 is 23.2 Å². The van der Waals surface area contributed by atoms with E-state index in [1.54, 1.807) is 20.1 Å². The van der Waals surface area contributed by atoms with Crippen molar-refractivity contribution >= 4 is 40.9 Å². The van der Waals surface area contributed by atoms with E-state index in [1.807, 2.05) is 26.0 Å². The van der Waals surface area contributed by atoms with Gasteiger partial charge in [0.1, 0.15) is 18.0 Å². The number of hydrogen-bond donors (Lipinski definition) is 1. The van der Waals surface area contributed by atoms with Crippen LogP contribution in [0, 0.1) is 0 Å². The lowest BCUT2D eigenvalue weighted by atomic mass is 10.0. The van der Waals surface area contributed by atoms with Crippen molar-refractivity contribution in [3.05, 3.63) is 45.9 Å². The Labute approximate surface area is 204 Å². The van der Waals surface area contributed by atoms with Gasteiger partial charge in [0.2, 0.25) is 0 Å². The Kier molecular flexibility index (Phi) is 9.68. The van der Waals surface area contributed by atoms with Gasteiger partial charge in [-0.2, -0.15) is 0 Å². The van der Waals surface area contributed by atoms with E-state index in [-0.39, 0.29) is 40.9 Å². The molecule has 0 unspecified atom stereocenters. The smallest absolute Gasteiger partial charge is 0.326 e. The van der Waals surface area contributed by atoms with E-state index >= 15 is 0 Å². The zero-order valence-corrected chi connectivity index (χ0v) is 21.2. The highest BCUT2D eigenvalue weighted by Crippen LogP contribution is 2.41. The van der Waals surface area contributed by atoms with Gasteiger partial charge in [0.25, 0.3) is 0 Å². The zero-order valence-electron chi connectivity index (χ0n) is 19.7. The fraction of sp³-hybridized carbons (Fsp3) is 0.417. The highest BCUT2D eigenvalue weighted by Gasteiger charge is 2.23. The van der Waals surface area contributed by atoms with Crippen molar-refractivity contribution in [1.29, 1.82) is 0 Å². The third kappa shape index (κ3) is 7.17. The standard InChI is InChI=1S/C24H30Cl2N2O5/c1-7-32-22(29)13-28(24(30)27-15(4)5)16-10-19(25)23(20(26)11-16)33-17-8-9-21(31-6)18(12-17)14(2)3/h8-12,14-15H,7,13H2,1-6H3,(H,27,30). The summed E-state index contributed by atoms with van der Waals surface area (Å²) in [6.45, 7) is 9.34. The molecule has 0 atom stereocenters. The largest absolute Gasteiger partial charge is 0.496 e. The van der Waals surface area contributed by atoms with Crippen molar-refractivity contribution in [1.82, 2.24) is 5.32 Å². The molecule has 0 saturated carbocycles. The lowest BCUT2D eigenvalue weighted by Crippen LogP contribution is -2.45. The molecule has 0 saturated heterocycles. The van der Waals surface area contributed by atoms with Gasteiger partial charge < -0.3 is 19.5 Å². The molecule has 0 radical (unpaired) electrons. The molecule has 7 nitrogen and oxygen atoms in total. The van der Waals surface area contributed by atoms with Crippen LogP contribution in [0.4, 0.5) is 10.5 Å². The quantitative estimate of drug-likeness (QED) is 0.406. The molecule has 0 fully saturated rings. The fourth-order valence-electron chi connectivity index (χ4n) is 3.09. The first-order chi connectivity index (χ1) is 15.6. The second kappa shape index (κ2) is 12.0. The van der Waals surface area contributed by atoms with Crippen molar-refractivity contribution in [2.24, 2.45) is 0 Å². The highest BCUT2D eigenvalue weighted by atomic mass is 35.5. The number of amides is 2. The first kappa shape index (κ1) is 26.6. The highest BCUT2D eigenvalue weighted by molar-refractivity contribution is 6.37. The monoisotopic (exact) mass is 496 g/mol. The molecule has 2 aromatic carbocycles. The van der Waals surface area contributed by atoms with E-state index in [0.717, 1.165) is 11.3 Å². The maximum atomic E-state index is 12.7. The Morgan fingerprint density at radius 3 is 2.21 bits per heavy atom. The minimum absolute atomic E-state index is 0.138. The molecule has 0 aliphatic rings. The van der Waals surface area contributed by atoms with Gasteiger partial charge in [-0.05, 0) is 57.0 Å². The summed E-state index contributed by atoms with van der Waals surface area (Å²) in [5.41, 5.74) is 1.31. The van der Waals surface area contributed by atoms with Crippen LogP contribution in [0.25, 0.3) is 0 Å². The lowest BCUT2D eigenvalue weighted by molar-refractivity contribution is -0.141. The molecule has 0 heterocycles. The van der Waals surface area contributed by atoms with Crippen molar-refractivity contribution in [3.8, 4) is 17.2 Å². The lowest BCUT2D eigenvalue weighted by Gasteiger charge is -2.24. The Morgan fingerprint density at radius 2 is 1.70 bits per heavy atom. The SMILES string of the molecule is CCOC(=O)CN(C(=O)NC(C)C)c1cc(Cl)c(Oc2ccc(OC)c(C(C)C)c2)c(Cl)c1. The number of halogens is 2. The molecular formula is C24H30Cl2N2O5. The minimum atomic E-state index is -0.552. The van der Waals surface area contributed by atoms with Gasteiger partial charge >= 0.3 is 12.0 Å². The minimum Gasteiger partial charge on any atom is -0.496 e. The van der Waals surface area contributed by atoms with Crippen molar-refractivity contribution < 1.29 is 23.8 Å². The molecule has 0 aliphatic carbocycles. The van der Waals surface area contributed by atoms with E-state index in [1.165, 1.54) is 17.0 Å². The number of rotatable bonds is 9. The number of nitrogens with zero attached hydrogens (tertiary/aromatic N) is 1. The van der Waals surface area contributed by atoms with E-state index in [0.29, 0.717) is 11.4 Å². The third-order valence-corrected chi connectivity index (χ3v) is 5.15. The number of methoxy groups -OCH3 is 1. The van der Waals surface area contributed by atoms with E-state index in [4.69, 9.17) is 37.4 Å². The molecule has 2 aromatic rings.